The van der Waals surface area contributed by atoms with E-state index < -0.39 is 6.03 Å². The molecule has 0 aromatic heterocycles. The number of hydrogen-bond donors (Lipinski definition) is 2. The molecular weight excluding hydrogens is 384 g/mol. The lowest BCUT2D eigenvalue weighted by atomic mass is 10.2. The minimum atomic E-state index is -0.435. The summed E-state index contributed by atoms with van der Waals surface area (Å²) in [4.78, 5) is 12.4. The molecule has 0 aliphatic heterocycles. The molecule has 0 heterocycles. The van der Waals surface area contributed by atoms with Gasteiger partial charge in [0.2, 0.25) is 5.75 Å². The Morgan fingerprint density at radius 1 is 0.857 bits per heavy atom. The highest BCUT2D eigenvalue weighted by Gasteiger charge is 2.16. The zero-order valence-electron chi connectivity index (χ0n) is 16.4. The van der Waals surface area contributed by atoms with Crippen LogP contribution in [0.1, 0.15) is 20.8 Å². The number of halogens is 1. The summed E-state index contributed by atoms with van der Waals surface area (Å²) in [5.41, 5.74) is 1.04. The molecule has 0 bridgehead atoms. The third-order valence-electron chi connectivity index (χ3n) is 3.58. The molecular formula is C20H25ClN2O5. The van der Waals surface area contributed by atoms with Crippen molar-refractivity contribution in [2.24, 2.45) is 0 Å². The second-order valence-electron chi connectivity index (χ2n) is 5.53. The predicted molar refractivity (Wildman–Crippen MR) is 111 cm³/mol. The first-order valence-corrected chi connectivity index (χ1v) is 9.38. The van der Waals surface area contributed by atoms with E-state index in [1.165, 1.54) is 7.11 Å². The molecule has 0 radical (unpaired) electrons. The Balaban J connectivity index is 2.21. The third-order valence-corrected chi connectivity index (χ3v) is 3.87. The monoisotopic (exact) mass is 408 g/mol. The minimum absolute atomic E-state index is 0.402. The smallest absolute Gasteiger partial charge is 0.323 e. The van der Waals surface area contributed by atoms with E-state index in [0.717, 1.165) is 0 Å². The number of amides is 2. The number of benzene rings is 2. The molecule has 7 nitrogen and oxygen atoms in total. The van der Waals surface area contributed by atoms with E-state index in [1.54, 1.807) is 30.3 Å². The average molecular weight is 409 g/mol. The van der Waals surface area contributed by atoms with Crippen molar-refractivity contribution in [1.29, 1.82) is 0 Å². The van der Waals surface area contributed by atoms with Crippen molar-refractivity contribution < 1.29 is 23.7 Å². The summed E-state index contributed by atoms with van der Waals surface area (Å²) in [7, 11) is 1.53. The van der Waals surface area contributed by atoms with Crippen molar-refractivity contribution in [2.45, 2.75) is 20.8 Å². The van der Waals surface area contributed by atoms with Gasteiger partial charge in [0.05, 0.1) is 37.6 Å². The lowest BCUT2D eigenvalue weighted by Crippen LogP contribution is -2.19. The average Bonchev–Trinajstić information content (AvgIpc) is 2.65. The lowest BCUT2D eigenvalue weighted by Gasteiger charge is -2.17. The summed E-state index contributed by atoms with van der Waals surface area (Å²) in [6, 6.07) is 7.93. The first kappa shape index (κ1) is 21.5. The van der Waals surface area contributed by atoms with Gasteiger partial charge >= 0.3 is 6.03 Å². The standard InChI is InChI=1S/C20H25ClN2O5/c1-5-26-17-11-14(12-18(27-6-2)19(17)28-7-3)23-20(24)22-13-8-9-16(25-4)15(21)10-13/h8-12H,5-7H2,1-4H3,(H2,22,23,24). The van der Waals surface area contributed by atoms with E-state index in [1.807, 2.05) is 20.8 Å². The number of hydrogen-bond acceptors (Lipinski definition) is 5. The first-order chi connectivity index (χ1) is 13.5. The van der Waals surface area contributed by atoms with Gasteiger partial charge in [0.25, 0.3) is 0 Å². The van der Waals surface area contributed by atoms with Gasteiger partial charge in [-0.15, -0.1) is 0 Å². The number of carbonyl (C=O) groups is 1. The van der Waals surface area contributed by atoms with Gasteiger partial charge in [0.15, 0.2) is 11.5 Å². The largest absolute Gasteiger partial charge is 0.495 e. The molecule has 2 aromatic carbocycles. The number of methoxy groups -OCH3 is 1. The Morgan fingerprint density at radius 2 is 1.43 bits per heavy atom. The van der Waals surface area contributed by atoms with Gasteiger partial charge in [0, 0.05) is 17.8 Å². The molecule has 0 saturated heterocycles. The molecule has 2 aromatic rings. The van der Waals surface area contributed by atoms with Crippen LogP contribution in [0, 0.1) is 0 Å². The van der Waals surface area contributed by atoms with Crippen LogP contribution in [0.2, 0.25) is 5.02 Å². The summed E-state index contributed by atoms with van der Waals surface area (Å²) < 4.78 is 22.1. The van der Waals surface area contributed by atoms with Gasteiger partial charge in [-0.1, -0.05) is 11.6 Å². The Labute approximate surface area is 169 Å². The summed E-state index contributed by atoms with van der Waals surface area (Å²) in [6.45, 7) is 6.99. The van der Waals surface area contributed by atoms with Gasteiger partial charge in [-0.3, -0.25) is 0 Å². The van der Waals surface area contributed by atoms with Crippen molar-refractivity contribution >= 4 is 29.0 Å². The summed E-state index contributed by atoms with van der Waals surface area (Å²) >= 11 is 6.09. The van der Waals surface area contributed by atoms with Crippen LogP contribution < -0.4 is 29.6 Å². The minimum Gasteiger partial charge on any atom is -0.495 e. The van der Waals surface area contributed by atoms with Gasteiger partial charge in [0.1, 0.15) is 5.75 Å². The van der Waals surface area contributed by atoms with Crippen LogP contribution in [0.5, 0.6) is 23.0 Å². The molecule has 8 heteroatoms. The maximum atomic E-state index is 12.4. The quantitative estimate of drug-likeness (QED) is 0.597. The van der Waals surface area contributed by atoms with Crippen LogP contribution in [0.15, 0.2) is 30.3 Å². The first-order valence-electron chi connectivity index (χ1n) is 9.00. The molecule has 152 valence electrons. The molecule has 2 amide bonds. The van der Waals surface area contributed by atoms with Crippen molar-refractivity contribution in [2.75, 3.05) is 37.6 Å². The van der Waals surface area contributed by atoms with Crippen molar-refractivity contribution in [3.63, 3.8) is 0 Å². The highest BCUT2D eigenvalue weighted by molar-refractivity contribution is 6.32. The third kappa shape index (κ3) is 5.60. The molecule has 2 N–H and O–H groups in total. The fraction of sp³-hybridized carbons (Fsp3) is 0.350. The SMILES string of the molecule is CCOc1cc(NC(=O)Nc2ccc(OC)c(Cl)c2)cc(OCC)c1OCC. The molecule has 0 fully saturated rings. The van der Waals surface area contributed by atoms with E-state index in [9.17, 15) is 4.79 Å². The highest BCUT2D eigenvalue weighted by Crippen LogP contribution is 2.40. The van der Waals surface area contributed by atoms with E-state index in [2.05, 4.69) is 10.6 Å². The number of nitrogens with one attached hydrogen (secondary N) is 2. The summed E-state index contributed by atoms with van der Waals surface area (Å²) in [5, 5.41) is 5.89. The van der Waals surface area contributed by atoms with Crippen LogP contribution in [-0.4, -0.2) is 33.0 Å². The van der Waals surface area contributed by atoms with Crippen molar-refractivity contribution in [1.82, 2.24) is 0 Å². The van der Waals surface area contributed by atoms with E-state index in [0.29, 0.717) is 59.2 Å². The van der Waals surface area contributed by atoms with Gasteiger partial charge in [-0.2, -0.15) is 0 Å². The number of ether oxygens (including phenoxy) is 4. The van der Waals surface area contributed by atoms with Crippen LogP contribution in [0.4, 0.5) is 16.2 Å². The molecule has 0 saturated carbocycles. The number of urea groups is 1. The van der Waals surface area contributed by atoms with Crippen LogP contribution in [-0.2, 0) is 0 Å². The Bertz CT molecular complexity index is 786. The van der Waals surface area contributed by atoms with E-state index >= 15 is 0 Å². The topological polar surface area (TPSA) is 78.1 Å². The fourth-order valence-corrected chi connectivity index (χ4v) is 2.76. The van der Waals surface area contributed by atoms with Crippen LogP contribution in [0.3, 0.4) is 0 Å². The van der Waals surface area contributed by atoms with Crippen LogP contribution in [0.25, 0.3) is 0 Å². The number of anilines is 2. The molecule has 2 rings (SSSR count). The van der Waals surface area contributed by atoms with E-state index in [-0.39, 0.29) is 0 Å². The molecule has 28 heavy (non-hydrogen) atoms. The molecule has 0 aliphatic carbocycles. The predicted octanol–water partition coefficient (Wildman–Crippen LogP) is 5.19. The highest BCUT2D eigenvalue weighted by atomic mass is 35.5. The Hall–Kier alpha value is -2.80. The number of carbonyl (C=O) groups excluding carboxylic acids is 1. The zero-order chi connectivity index (χ0) is 20.5. The number of rotatable bonds is 9. The van der Waals surface area contributed by atoms with Crippen molar-refractivity contribution in [3.8, 4) is 23.0 Å². The summed E-state index contributed by atoms with van der Waals surface area (Å²) in [6.07, 6.45) is 0. The molecule has 0 spiro atoms. The maximum Gasteiger partial charge on any atom is 0.323 e. The van der Waals surface area contributed by atoms with E-state index in [4.69, 9.17) is 30.5 Å². The lowest BCUT2D eigenvalue weighted by molar-refractivity contribution is 0.260. The van der Waals surface area contributed by atoms with Crippen molar-refractivity contribution in [3.05, 3.63) is 35.4 Å². The normalized spacial score (nSPS) is 10.2. The van der Waals surface area contributed by atoms with Crippen LogP contribution >= 0.6 is 11.6 Å². The second-order valence-corrected chi connectivity index (χ2v) is 5.94. The second kappa shape index (κ2) is 10.5. The molecule has 0 aliphatic rings. The molecule has 0 unspecified atom stereocenters. The Morgan fingerprint density at radius 3 is 1.93 bits per heavy atom. The van der Waals surface area contributed by atoms with Gasteiger partial charge < -0.3 is 29.6 Å². The zero-order valence-corrected chi connectivity index (χ0v) is 17.2. The van der Waals surface area contributed by atoms with Gasteiger partial charge in [-0.05, 0) is 39.0 Å². The van der Waals surface area contributed by atoms with Gasteiger partial charge in [-0.25, -0.2) is 4.79 Å². The Kier molecular flexibility index (Phi) is 8.07. The maximum absolute atomic E-state index is 12.4. The summed E-state index contributed by atoms with van der Waals surface area (Å²) in [5.74, 6) is 2.04. The fourth-order valence-electron chi connectivity index (χ4n) is 2.50. The molecule has 0 atom stereocenters.